The summed E-state index contributed by atoms with van der Waals surface area (Å²) in [7, 11) is -0.0257. The molecule has 0 radical (unpaired) electrons. The Morgan fingerprint density at radius 1 is 1.02 bits per heavy atom. The zero-order chi connectivity index (χ0) is 45.0. The number of fused-ring (bicyclic) bond motifs is 2. The van der Waals surface area contributed by atoms with Gasteiger partial charge in [-0.25, -0.2) is 14.8 Å². The summed E-state index contributed by atoms with van der Waals surface area (Å²) in [6.45, 7) is 13.2. The number of nitrogens with one attached hydrogen (secondary N) is 2. The minimum atomic E-state index is -1.10. The van der Waals surface area contributed by atoms with Crippen molar-refractivity contribution in [2.24, 2.45) is 16.2 Å². The van der Waals surface area contributed by atoms with Crippen molar-refractivity contribution < 1.29 is 24.0 Å². The molecule has 0 spiro atoms. The van der Waals surface area contributed by atoms with Crippen LogP contribution < -0.4 is 15.5 Å². The summed E-state index contributed by atoms with van der Waals surface area (Å²) < 4.78 is 21.3. The number of hydrogen-bond acceptors (Lipinski definition) is 12. The molecule has 1 amide bonds. The molecule has 5 aromatic rings. The van der Waals surface area contributed by atoms with E-state index in [9.17, 15) is 19.3 Å². The average Bonchev–Trinajstić information content (AvgIpc) is 3.85. The number of carboxylic acid groups (broad SMARTS) is 1. The van der Waals surface area contributed by atoms with Gasteiger partial charge in [0, 0.05) is 41.7 Å². The van der Waals surface area contributed by atoms with Gasteiger partial charge >= 0.3 is 183 Å². The van der Waals surface area contributed by atoms with Gasteiger partial charge < -0.3 is 10.0 Å². The molecule has 65 heavy (non-hydrogen) atoms. The van der Waals surface area contributed by atoms with E-state index in [1.807, 2.05) is 55.6 Å². The Balaban J connectivity index is 0.860. The molecule has 14 nitrogen and oxygen atoms in total. The van der Waals surface area contributed by atoms with Crippen LogP contribution in [0.3, 0.4) is 0 Å². The third kappa shape index (κ3) is 8.84. The molecule has 11 rings (SSSR count). The second kappa shape index (κ2) is 17.5. The molecule has 4 saturated carbocycles. The number of carbonyl (C=O) groups is 2. The first-order valence-corrected chi connectivity index (χ1v) is 24.8. The van der Waals surface area contributed by atoms with Crippen molar-refractivity contribution >= 4 is 52.4 Å². The van der Waals surface area contributed by atoms with Crippen molar-refractivity contribution in [1.29, 1.82) is 0 Å². The molecule has 2 unspecified atom stereocenters. The van der Waals surface area contributed by atoms with Crippen molar-refractivity contribution in [3.05, 3.63) is 82.9 Å². The summed E-state index contributed by atoms with van der Waals surface area (Å²) in [5.41, 5.74) is 8.44. The van der Waals surface area contributed by atoms with Crippen LogP contribution >= 0.6 is 19.3 Å². The van der Waals surface area contributed by atoms with Gasteiger partial charge in [-0.3, -0.25) is 10.1 Å². The molecule has 2 atom stereocenters. The molecule has 16 heteroatoms. The number of ether oxygens (including phenoxy) is 1. The number of benzene rings is 1. The Kier molecular flexibility index (Phi) is 11.9. The molecule has 1 saturated heterocycles. The number of aromatic carboxylic acids is 1. The van der Waals surface area contributed by atoms with E-state index in [1.165, 1.54) is 17.8 Å². The van der Waals surface area contributed by atoms with Crippen LogP contribution in [0.25, 0.3) is 21.5 Å². The van der Waals surface area contributed by atoms with Gasteiger partial charge in [0.25, 0.3) is 5.91 Å². The number of aromatic nitrogens is 5. The maximum atomic E-state index is 13.7. The van der Waals surface area contributed by atoms with Crippen LogP contribution in [0.4, 0.5) is 10.9 Å². The van der Waals surface area contributed by atoms with Gasteiger partial charge in [0.05, 0.1) is 10.9 Å². The van der Waals surface area contributed by atoms with Crippen molar-refractivity contribution in [1.82, 2.24) is 34.9 Å². The molecular weight excluding hydrogens is 858 g/mol. The third-order valence-corrected chi connectivity index (χ3v) is 16.3. The molecule has 6 aliphatic rings. The summed E-state index contributed by atoms with van der Waals surface area (Å²) >= 11 is 1.38. The number of thiazole rings is 1. The number of piperidine rings is 1. The predicted octanol–water partition coefficient (Wildman–Crippen LogP) is 8.60. The number of carbonyl (C=O) groups excluding carboxylic acids is 1. The second-order valence-electron chi connectivity index (χ2n) is 20.3. The number of amides is 1. The van der Waals surface area contributed by atoms with E-state index in [1.54, 1.807) is 6.20 Å². The SMILES string of the molecule is Cc1c(-c2ccc(N3CCc4cccc(C(=O)Nc5nc6ncccc6s5)c4C3)nc2C(=O)O)cnn1CC12CC3(C)CC(C)(C1)CC(OCCN(CCC#P=O)C1CCNCC1)(C3)C2. The van der Waals surface area contributed by atoms with E-state index in [0.717, 1.165) is 105 Å². The quantitative estimate of drug-likeness (QED) is 0.0910. The van der Waals surface area contributed by atoms with Crippen LogP contribution in [0.1, 0.15) is 109 Å². The predicted molar refractivity (Wildman–Crippen MR) is 252 cm³/mol. The van der Waals surface area contributed by atoms with Crippen molar-refractivity contribution in [3.8, 4) is 16.8 Å². The summed E-state index contributed by atoms with van der Waals surface area (Å²) in [5, 5.41) is 22.6. The van der Waals surface area contributed by atoms with Crippen LogP contribution in [0.2, 0.25) is 0 Å². The van der Waals surface area contributed by atoms with E-state index < -0.39 is 5.97 Å². The molecular formula is C49H58N9O5PS. The molecule has 4 aliphatic carbocycles. The summed E-state index contributed by atoms with van der Waals surface area (Å²) in [6, 6.07) is 13.8. The van der Waals surface area contributed by atoms with Crippen molar-refractivity contribution in [2.45, 2.75) is 110 Å². The maximum absolute atomic E-state index is 13.7. The van der Waals surface area contributed by atoms with Gasteiger partial charge in [-0.05, 0) is 54.8 Å². The van der Waals surface area contributed by atoms with Gasteiger partial charge in [-0.1, -0.05) is 23.5 Å². The van der Waals surface area contributed by atoms with Crippen molar-refractivity contribution in [3.63, 3.8) is 0 Å². The van der Waals surface area contributed by atoms with Gasteiger partial charge in [-0.15, -0.1) is 0 Å². The van der Waals surface area contributed by atoms with Gasteiger partial charge in [-0.2, -0.15) is 10.1 Å². The van der Waals surface area contributed by atoms with Crippen LogP contribution in [0.5, 0.6) is 0 Å². The molecule has 4 aromatic heterocycles. The van der Waals surface area contributed by atoms with Crippen LogP contribution in [-0.2, 0) is 28.8 Å². The standard InChI is InChI=1S/C49H58N9O5PS/c1-32-37(23-52-58(32)31-48-26-46(2)25-47(3,27-48)29-49(28-46,30-48)63-21-20-56(18-6-22-64-62)34-12-16-50-17-13-34)35-10-11-40(53-41(35)44(60)61)57-19-14-33-7-4-8-36(38(33)24-57)43(59)55-45-54-42-39(65-45)9-5-15-51-42/h4-5,7-11,15,23,34,50H,6,12-14,16-21,24-31H2,1-3H3,(H,60,61)(H,51,54,55,59). The summed E-state index contributed by atoms with van der Waals surface area (Å²) in [4.78, 5) is 44.9. The topological polar surface area (TPSA) is 168 Å². The Labute approximate surface area is 385 Å². The second-order valence-corrected chi connectivity index (χ2v) is 21.8. The summed E-state index contributed by atoms with van der Waals surface area (Å²) in [5.74, 6) is -0.800. The van der Waals surface area contributed by atoms with Gasteiger partial charge in [0.1, 0.15) is 5.82 Å². The fourth-order valence-corrected chi connectivity index (χ4v) is 14.6. The van der Waals surface area contributed by atoms with E-state index in [-0.39, 0.29) is 41.4 Å². The molecule has 340 valence electrons. The molecule has 1 aromatic carbocycles. The number of rotatable bonds is 14. The Bertz CT molecular complexity index is 2710. The van der Waals surface area contributed by atoms with E-state index in [4.69, 9.17) is 14.8 Å². The number of anilines is 2. The zero-order valence-electron chi connectivity index (χ0n) is 37.6. The monoisotopic (exact) mass is 915 g/mol. The Morgan fingerprint density at radius 2 is 1.83 bits per heavy atom. The first kappa shape index (κ1) is 44.1. The first-order chi connectivity index (χ1) is 31.3. The Hall–Kier alpha value is -4.75. The minimum absolute atomic E-state index is 0.00177. The Morgan fingerprint density at radius 3 is 2.60 bits per heavy atom. The van der Waals surface area contributed by atoms with E-state index >= 15 is 0 Å². The fraction of sp³-hybridized carbons (Fsp3) is 0.531. The molecule has 6 heterocycles. The van der Waals surface area contributed by atoms with Crippen LogP contribution in [0.15, 0.2) is 54.9 Å². The number of nitrogens with zero attached hydrogens (tertiary/aromatic N) is 7. The van der Waals surface area contributed by atoms with Crippen molar-refractivity contribution in [2.75, 3.05) is 49.5 Å². The van der Waals surface area contributed by atoms with E-state index in [2.05, 4.69) is 54.6 Å². The molecule has 2 aliphatic heterocycles. The average molecular weight is 916 g/mol. The number of pyridine rings is 2. The van der Waals surface area contributed by atoms with Gasteiger partial charge in [0.15, 0.2) is 16.5 Å². The zero-order valence-corrected chi connectivity index (χ0v) is 39.3. The molecule has 5 fully saturated rings. The molecule has 3 N–H and O–H groups in total. The summed E-state index contributed by atoms with van der Waals surface area (Å²) in [6.07, 6.45) is 13.7. The van der Waals surface area contributed by atoms with E-state index in [0.29, 0.717) is 66.3 Å². The normalized spacial score (nSPS) is 26.1. The van der Waals surface area contributed by atoms with Crippen LogP contribution in [-0.4, -0.2) is 97.6 Å². The molecule has 4 bridgehead atoms. The number of hydrogen-bond donors (Lipinski definition) is 3. The fourth-order valence-electron chi connectivity index (χ4n) is 13.6. The first-order valence-electron chi connectivity index (χ1n) is 23.1. The number of carboxylic acids is 1. The third-order valence-electron chi connectivity index (χ3n) is 15.0. The van der Waals surface area contributed by atoms with Gasteiger partial charge in [0.2, 0.25) is 0 Å². The van der Waals surface area contributed by atoms with Crippen LogP contribution in [0, 0.1) is 28.8 Å².